The summed E-state index contributed by atoms with van der Waals surface area (Å²) in [7, 11) is 2.07. The summed E-state index contributed by atoms with van der Waals surface area (Å²) in [6, 6.07) is 9.74. The zero-order valence-corrected chi connectivity index (χ0v) is 10.5. The summed E-state index contributed by atoms with van der Waals surface area (Å²) in [5.41, 5.74) is 3.02. The Labute approximate surface area is 99.3 Å². The van der Waals surface area contributed by atoms with Crippen LogP contribution in [0.15, 0.2) is 24.3 Å². The zero-order valence-electron chi connectivity index (χ0n) is 10.5. The fraction of sp³-hybridized carbons (Fsp3) is 0.600. The number of nitrogens with one attached hydrogen (secondary N) is 1. The van der Waals surface area contributed by atoms with Crippen molar-refractivity contribution in [3.05, 3.63) is 35.4 Å². The minimum atomic E-state index is 0.532. The molecular formula is C15H23N. The molecule has 88 valence electrons. The van der Waals surface area contributed by atoms with Crippen LogP contribution in [0.1, 0.15) is 62.1 Å². The van der Waals surface area contributed by atoms with Gasteiger partial charge in [0.1, 0.15) is 0 Å². The zero-order chi connectivity index (χ0) is 11.4. The molecule has 1 N–H and O–H groups in total. The predicted molar refractivity (Wildman–Crippen MR) is 69.7 cm³/mol. The van der Waals surface area contributed by atoms with Crippen LogP contribution in [0.25, 0.3) is 0 Å². The molecule has 0 radical (unpaired) electrons. The van der Waals surface area contributed by atoms with E-state index >= 15 is 0 Å². The molecule has 0 aliphatic heterocycles. The van der Waals surface area contributed by atoms with Gasteiger partial charge >= 0.3 is 0 Å². The summed E-state index contributed by atoms with van der Waals surface area (Å²) < 4.78 is 0. The highest BCUT2D eigenvalue weighted by atomic mass is 14.9. The van der Waals surface area contributed by atoms with Gasteiger partial charge in [0.05, 0.1) is 0 Å². The van der Waals surface area contributed by atoms with Gasteiger partial charge in [0.2, 0.25) is 0 Å². The molecule has 0 bridgehead atoms. The fourth-order valence-electron chi connectivity index (χ4n) is 2.54. The Morgan fingerprint density at radius 3 is 2.75 bits per heavy atom. The van der Waals surface area contributed by atoms with E-state index in [9.17, 15) is 0 Å². The molecule has 1 heteroatoms. The summed E-state index contributed by atoms with van der Waals surface area (Å²) in [5, 5.41) is 3.42. The van der Waals surface area contributed by atoms with E-state index in [1.807, 2.05) is 0 Å². The quantitative estimate of drug-likeness (QED) is 0.785. The fourth-order valence-corrected chi connectivity index (χ4v) is 2.54. The Hall–Kier alpha value is -0.820. The molecule has 0 spiro atoms. The van der Waals surface area contributed by atoms with E-state index in [1.165, 1.54) is 37.7 Å². The molecule has 1 saturated carbocycles. The van der Waals surface area contributed by atoms with Crippen LogP contribution >= 0.6 is 0 Å². The van der Waals surface area contributed by atoms with Crippen LogP contribution in [0.2, 0.25) is 0 Å². The molecule has 1 fully saturated rings. The Morgan fingerprint density at radius 2 is 2.19 bits per heavy atom. The maximum Gasteiger partial charge on any atom is 0.0317 e. The van der Waals surface area contributed by atoms with Gasteiger partial charge < -0.3 is 5.32 Å². The van der Waals surface area contributed by atoms with E-state index in [1.54, 1.807) is 5.56 Å². The van der Waals surface area contributed by atoms with Crippen LogP contribution in [0.3, 0.4) is 0 Å². The minimum Gasteiger partial charge on any atom is -0.313 e. The lowest BCUT2D eigenvalue weighted by Crippen LogP contribution is -2.17. The topological polar surface area (TPSA) is 12.0 Å². The van der Waals surface area contributed by atoms with Gasteiger partial charge in [-0.05, 0) is 43.4 Å². The minimum absolute atomic E-state index is 0.532. The van der Waals surface area contributed by atoms with Crippen molar-refractivity contribution in [2.24, 2.45) is 0 Å². The van der Waals surface area contributed by atoms with Gasteiger partial charge in [0.25, 0.3) is 0 Å². The van der Waals surface area contributed by atoms with Gasteiger partial charge in [-0.2, -0.15) is 0 Å². The van der Waals surface area contributed by atoms with Crippen molar-refractivity contribution in [1.29, 1.82) is 0 Å². The van der Waals surface area contributed by atoms with Crippen LogP contribution in [-0.4, -0.2) is 7.05 Å². The lowest BCUT2D eigenvalue weighted by molar-refractivity contribution is 0.419. The van der Waals surface area contributed by atoms with Crippen molar-refractivity contribution in [2.75, 3.05) is 7.05 Å². The molecule has 0 heterocycles. The van der Waals surface area contributed by atoms with Gasteiger partial charge in [-0.3, -0.25) is 0 Å². The van der Waals surface area contributed by atoms with Crippen molar-refractivity contribution in [3.63, 3.8) is 0 Å². The van der Waals surface area contributed by atoms with Crippen LogP contribution < -0.4 is 5.32 Å². The first-order valence-electron chi connectivity index (χ1n) is 6.62. The van der Waals surface area contributed by atoms with Gasteiger partial charge in [0.15, 0.2) is 0 Å². The Kier molecular flexibility index (Phi) is 4.00. The highest BCUT2D eigenvalue weighted by molar-refractivity contribution is 5.29. The largest absolute Gasteiger partial charge is 0.313 e. The first kappa shape index (κ1) is 11.7. The standard InChI is InChI=1S/C15H23N/c1-3-6-15(16-2)14-10-5-9-13(11-14)12-7-4-8-12/h5,9-12,15-16H,3-4,6-8H2,1-2H3. The molecule has 1 aliphatic carbocycles. The second-order valence-corrected chi connectivity index (χ2v) is 4.93. The van der Waals surface area contributed by atoms with Gasteiger partial charge in [-0.1, -0.05) is 44.0 Å². The molecule has 1 aromatic carbocycles. The van der Waals surface area contributed by atoms with Crippen molar-refractivity contribution in [2.45, 2.75) is 51.0 Å². The SMILES string of the molecule is CCCC(NC)c1cccc(C2CCC2)c1. The molecule has 1 nitrogen and oxygen atoms in total. The van der Waals surface area contributed by atoms with Crippen molar-refractivity contribution in [1.82, 2.24) is 5.32 Å². The second-order valence-electron chi connectivity index (χ2n) is 4.93. The van der Waals surface area contributed by atoms with E-state index in [0.717, 1.165) is 5.92 Å². The first-order chi connectivity index (χ1) is 7.85. The molecule has 0 saturated heterocycles. The van der Waals surface area contributed by atoms with Crippen LogP contribution in [0, 0.1) is 0 Å². The van der Waals surface area contributed by atoms with E-state index in [-0.39, 0.29) is 0 Å². The van der Waals surface area contributed by atoms with E-state index in [4.69, 9.17) is 0 Å². The average molecular weight is 217 g/mol. The number of rotatable bonds is 5. The third-order valence-electron chi connectivity index (χ3n) is 3.82. The highest BCUT2D eigenvalue weighted by Gasteiger charge is 2.20. The van der Waals surface area contributed by atoms with E-state index < -0.39 is 0 Å². The van der Waals surface area contributed by atoms with Crippen LogP contribution in [0.4, 0.5) is 0 Å². The smallest absolute Gasteiger partial charge is 0.0317 e. The Balaban J connectivity index is 2.13. The summed E-state index contributed by atoms with van der Waals surface area (Å²) in [6.45, 7) is 2.25. The van der Waals surface area contributed by atoms with Crippen LogP contribution in [-0.2, 0) is 0 Å². The first-order valence-corrected chi connectivity index (χ1v) is 6.62. The third kappa shape index (κ3) is 2.46. The van der Waals surface area contributed by atoms with Gasteiger partial charge in [-0.25, -0.2) is 0 Å². The molecule has 1 aliphatic rings. The normalized spacial score (nSPS) is 18.1. The van der Waals surface area contributed by atoms with Crippen molar-refractivity contribution < 1.29 is 0 Å². The van der Waals surface area contributed by atoms with Gasteiger partial charge in [0, 0.05) is 6.04 Å². The number of hydrogen-bond donors (Lipinski definition) is 1. The molecule has 16 heavy (non-hydrogen) atoms. The maximum absolute atomic E-state index is 3.42. The lowest BCUT2D eigenvalue weighted by atomic mass is 9.79. The summed E-state index contributed by atoms with van der Waals surface area (Å²) >= 11 is 0. The second kappa shape index (κ2) is 5.49. The molecule has 1 unspecified atom stereocenters. The molecule has 1 aromatic rings. The number of benzene rings is 1. The lowest BCUT2D eigenvalue weighted by Gasteiger charge is -2.27. The Bertz CT molecular complexity index is 328. The molecule has 0 amide bonds. The summed E-state index contributed by atoms with van der Waals surface area (Å²) in [6.07, 6.45) is 6.66. The molecule has 2 rings (SSSR count). The van der Waals surface area contributed by atoms with Crippen molar-refractivity contribution >= 4 is 0 Å². The molecule has 1 atom stereocenters. The highest BCUT2D eigenvalue weighted by Crippen LogP contribution is 2.37. The van der Waals surface area contributed by atoms with Crippen LogP contribution in [0.5, 0.6) is 0 Å². The summed E-state index contributed by atoms with van der Waals surface area (Å²) in [4.78, 5) is 0. The van der Waals surface area contributed by atoms with Crippen molar-refractivity contribution in [3.8, 4) is 0 Å². The van der Waals surface area contributed by atoms with E-state index in [2.05, 4.69) is 43.6 Å². The maximum atomic E-state index is 3.42. The van der Waals surface area contributed by atoms with E-state index in [0.29, 0.717) is 6.04 Å². The predicted octanol–water partition coefficient (Wildman–Crippen LogP) is 4.01. The van der Waals surface area contributed by atoms with Gasteiger partial charge in [-0.15, -0.1) is 0 Å². The number of hydrogen-bond acceptors (Lipinski definition) is 1. The molecular weight excluding hydrogens is 194 g/mol. The Morgan fingerprint density at radius 1 is 1.38 bits per heavy atom. The monoisotopic (exact) mass is 217 g/mol. The average Bonchev–Trinajstić information content (AvgIpc) is 2.24. The third-order valence-corrected chi connectivity index (χ3v) is 3.82. The molecule has 0 aromatic heterocycles. The summed E-state index contributed by atoms with van der Waals surface area (Å²) in [5.74, 6) is 0.846.